The van der Waals surface area contributed by atoms with Crippen LogP contribution in [0.1, 0.15) is 226 Å². The molecule has 0 aromatic heterocycles. The molecule has 3 unspecified atom stereocenters. The zero-order valence-electron chi connectivity index (χ0n) is 44.1. The number of phosphoric ester groups is 1. The Kier molecular flexibility index (Phi) is 47.0. The van der Waals surface area contributed by atoms with Crippen LogP contribution in [0.4, 0.5) is 0 Å². The highest BCUT2D eigenvalue weighted by atomic mass is 31.2. The van der Waals surface area contributed by atoms with E-state index in [4.69, 9.17) is 9.05 Å². The van der Waals surface area contributed by atoms with Crippen molar-refractivity contribution in [3.05, 3.63) is 85.1 Å². The highest BCUT2D eigenvalue weighted by molar-refractivity contribution is 7.45. The molecule has 0 aliphatic heterocycles. The number of hydrogen-bond acceptors (Lipinski definition) is 6. The molecule has 3 atom stereocenters. The van der Waals surface area contributed by atoms with Crippen molar-refractivity contribution in [2.45, 2.75) is 238 Å². The molecule has 0 aliphatic carbocycles. The van der Waals surface area contributed by atoms with Crippen LogP contribution in [0.15, 0.2) is 85.1 Å². The highest BCUT2D eigenvalue weighted by Gasteiger charge is 2.24. The van der Waals surface area contributed by atoms with Crippen molar-refractivity contribution >= 4 is 13.7 Å². The van der Waals surface area contributed by atoms with Gasteiger partial charge in [-0.25, -0.2) is 0 Å². The summed E-state index contributed by atoms with van der Waals surface area (Å²) < 4.78 is 23.4. The number of phosphoric acid groups is 1. The Labute approximate surface area is 414 Å². The molecule has 0 saturated carbocycles. The summed E-state index contributed by atoms with van der Waals surface area (Å²) in [7, 11) is 1.27. The smallest absolute Gasteiger partial charge is 0.268 e. The molecular weight excluding hydrogens is 852 g/mol. The molecule has 1 amide bonds. The van der Waals surface area contributed by atoms with Gasteiger partial charge in [0.05, 0.1) is 39.9 Å². The molecule has 388 valence electrons. The van der Waals surface area contributed by atoms with Crippen LogP contribution < -0.4 is 10.2 Å². The summed E-state index contributed by atoms with van der Waals surface area (Å²) >= 11 is 0. The topological polar surface area (TPSA) is 108 Å². The van der Waals surface area contributed by atoms with Gasteiger partial charge in [-0.15, -0.1) is 0 Å². The van der Waals surface area contributed by atoms with Crippen molar-refractivity contribution in [3.8, 4) is 0 Å². The number of likely N-dealkylation sites (N-methyl/N-ethyl adjacent to an activating group) is 1. The Morgan fingerprint density at radius 2 is 0.910 bits per heavy atom. The number of rotatable bonds is 49. The fraction of sp³-hybridized carbons (Fsp3) is 0.741. The second-order valence-electron chi connectivity index (χ2n) is 19.6. The van der Waals surface area contributed by atoms with E-state index in [-0.39, 0.29) is 19.1 Å². The maximum Gasteiger partial charge on any atom is 0.268 e. The minimum absolute atomic E-state index is 0.000946. The second-order valence-corrected chi connectivity index (χ2v) is 21.0. The predicted molar refractivity (Wildman–Crippen MR) is 288 cm³/mol. The lowest BCUT2D eigenvalue weighted by molar-refractivity contribution is -0.870. The average molecular weight is 957 g/mol. The number of nitrogens with one attached hydrogen (secondary N) is 1. The van der Waals surface area contributed by atoms with Crippen molar-refractivity contribution in [1.82, 2.24) is 5.32 Å². The van der Waals surface area contributed by atoms with Crippen LogP contribution in [0, 0.1) is 0 Å². The van der Waals surface area contributed by atoms with E-state index in [1.165, 1.54) is 109 Å². The first-order valence-electron chi connectivity index (χ1n) is 27.4. The third kappa shape index (κ3) is 51.4. The molecule has 0 bridgehead atoms. The summed E-state index contributed by atoms with van der Waals surface area (Å²) in [5.41, 5.74) is 0. The van der Waals surface area contributed by atoms with Crippen molar-refractivity contribution in [2.75, 3.05) is 40.9 Å². The van der Waals surface area contributed by atoms with E-state index in [1.807, 2.05) is 21.1 Å². The van der Waals surface area contributed by atoms with Crippen LogP contribution in [-0.4, -0.2) is 68.5 Å². The van der Waals surface area contributed by atoms with Crippen molar-refractivity contribution in [2.24, 2.45) is 0 Å². The molecule has 0 aromatic rings. The van der Waals surface area contributed by atoms with E-state index < -0.39 is 20.0 Å². The number of aliphatic hydroxyl groups is 1. The van der Waals surface area contributed by atoms with E-state index in [0.717, 1.165) is 89.9 Å². The lowest BCUT2D eigenvalue weighted by Gasteiger charge is -2.30. The van der Waals surface area contributed by atoms with Crippen LogP contribution >= 0.6 is 7.82 Å². The van der Waals surface area contributed by atoms with E-state index in [9.17, 15) is 19.4 Å². The second kappa shape index (κ2) is 48.7. The molecule has 0 heterocycles. The van der Waals surface area contributed by atoms with Gasteiger partial charge in [-0.3, -0.25) is 9.36 Å². The Balaban J connectivity index is 4.32. The van der Waals surface area contributed by atoms with E-state index in [2.05, 4.69) is 104 Å². The highest BCUT2D eigenvalue weighted by Crippen LogP contribution is 2.38. The first-order chi connectivity index (χ1) is 32.5. The fourth-order valence-corrected chi connectivity index (χ4v) is 8.33. The SMILES string of the molecule is CC/C=C\C/C=C\C/C=C\C/C=C\C/C=C\C/C=C\C/C=C\CCCCCC(=O)NC(COP(=O)([O-])OCC[N+](C)(C)C)C(O)CCCCCCCCCCCCCCCCCCCCCC. The normalized spacial score (nSPS) is 14.7. The third-order valence-electron chi connectivity index (χ3n) is 11.9. The number of aliphatic hydroxyl groups excluding tert-OH is 1. The fourth-order valence-electron chi connectivity index (χ4n) is 7.61. The van der Waals surface area contributed by atoms with Gasteiger partial charge in [0.1, 0.15) is 13.2 Å². The van der Waals surface area contributed by atoms with Crippen LogP contribution in [0.25, 0.3) is 0 Å². The Bertz CT molecular complexity index is 1360. The number of quaternary nitrogens is 1. The molecule has 0 spiro atoms. The van der Waals surface area contributed by atoms with E-state index in [1.54, 1.807) is 0 Å². The van der Waals surface area contributed by atoms with Gasteiger partial charge < -0.3 is 28.8 Å². The summed E-state index contributed by atoms with van der Waals surface area (Å²) in [5.74, 6) is -0.198. The molecule has 2 N–H and O–H groups in total. The van der Waals surface area contributed by atoms with Gasteiger partial charge in [0.2, 0.25) is 5.91 Å². The molecule has 67 heavy (non-hydrogen) atoms. The monoisotopic (exact) mass is 957 g/mol. The Morgan fingerprint density at radius 3 is 1.31 bits per heavy atom. The maximum absolute atomic E-state index is 13.0. The van der Waals surface area contributed by atoms with E-state index >= 15 is 0 Å². The minimum Gasteiger partial charge on any atom is -0.756 e. The largest absolute Gasteiger partial charge is 0.756 e. The number of nitrogens with zero attached hydrogens (tertiary/aromatic N) is 1. The molecular formula is C58H105N2O6P. The maximum atomic E-state index is 13.0. The van der Waals surface area contributed by atoms with Gasteiger partial charge in [0.25, 0.3) is 7.82 Å². The number of unbranched alkanes of at least 4 members (excludes halogenated alkanes) is 22. The van der Waals surface area contributed by atoms with Crippen LogP contribution in [-0.2, 0) is 18.4 Å². The summed E-state index contributed by atoms with van der Waals surface area (Å²) in [6, 6.07) is -0.825. The molecule has 0 fully saturated rings. The van der Waals surface area contributed by atoms with Crippen molar-refractivity contribution in [1.29, 1.82) is 0 Å². The first kappa shape index (κ1) is 64.7. The lowest BCUT2D eigenvalue weighted by Crippen LogP contribution is -2.46. The van der Waals surface area contributed by atoms with Crippen LogP contribution in [0.2, 0.25) is 0 Å². The molecule has 0 saturated heterocycles. The zero-order chi connectivity index (χ0) is 49.2. The molecule has 0 rings (SSSR count). The van der Waals surface area contributed by atoms with Gasteiger partial charge >= 0.3 is 0 Å². The molecule has 9 heteroatoms. The summed E-state index contributed by atoms with van der Waals surface area (Å²) in [4.78, 5) is 25.5. The number of allylic oxidation sites excluding steroid dienone is 14. The van der Waals surface area contributed by atoms with Gasteiger partial charge in [-0.2, -0.15) is 0 Å². The number of hydrogen-bond donors (Lipinski definition) is 2. The Hall–Kier alpha value is -2.32. The predicted octanol–water partition coefficient (Wildman–Crippen LogP) is 15.8. The third-order valence-corrected chi connectivity index (χ3v) is 12.9. The molecule has 8 nitrogen and oxygen atoms in total. The van der Waals surface area contributed by atoms with Crippen molar-refractivity contribution < 1.29 is 32.9 Å². The van der Waals surface area contributed by atoms with Gasteiger partial charge in [0.15, 0.2) is 0 Å². The van der Waals surface area contributed by atoms with Gasteiger partial charge in [0, 0.05) is 6.42 Å². The average Bonchev–Trinajstić information content (AvgIpc) is 3.29. The number of carbonyl (C=O) groups excluding carboxylic acids is 1. The number of amides is 1. The quantitative estimate of drug-likeness (QED) is 0.0272. The standard InChI is InChI=1S/C58H105N2O6P/c1-6-8-10-12-14-16-18-20-22-24-26-28-29-30-31-32-34-36-38-40-42-44-46-48-50-52-58(62)59-56(55-66-67(63,64)65-54-53-60(3,4)5)57(61)51-49-47-45-43-41-39-37-35-33-27-25-23-21-19-17-15-13-11-9-7-2/h8,10,14,16,20,22,26,28,30-31,34,36,40,42,56-57,61H,6-7,9,11-13,15,17-19,21,23-25,27,29,32-33,35,37-39,41,43-55H2,1-5H3,(H-,59,62,63,64)/b10-8-,16-14-,22-20-,28-26-,31-30-,36-34-,42-40-. The zero-order valence-corrected chi connectivity index (χ0v) is 45.0. The van der Waals surface area contributed by atoms with Crippen LogP contribution in [0.3, 0.4) is 0 Å². The first-order valence-corrected chi connectivity index (χ1v) is 28.9. The molecule has 0 aliphatic rings. The Morgan fingerprint density at radius 1 is 0.537 bits per heavy atom. The molecule has 0 radical (unpaired) electrons. The minimum atomic E-state index is -4.59. The summed E-state index contributed by atoms with van der Waals surface area (Å²) in [6.07, 6.45) is 67.4. The summed E-state index contributed by atoms with van der Waals surface area (Å²) in [5, 5.41) is 14.0. The molecule has 0 aromatic carbocycles. The van der Waals surface area contributed by atoms with Crippen molar-refractivity contribution in [3.63, 3.8) is 0 Å². The van der Waals surface area contributed by atoms with Gasteiger partial charge in [-0.05, 0) is 70.6 Å². The summed E-state index contributed by atoms with van der Waals surface area (Å²) in [6.45, 7) is 4.59. The van der Waals surface area contributed by atoms with Crippen LogP contribution in [0.5, 0.6) is 0 Å². The lowest BCUT2D eigenvalue weighted by atomic mass is 10.0. The van der Waals surface area contributed by atoms with E-state index in [0.29, 0.717) is 23.9 Å². The number of carbonyl (C=O) groups is 1. The van der Waals surface area contributed by atoms with Gasteiger partial charge in [-0.1, -0.05) is 234 Å².